The molecule has 0 N–H and O–H groups in total. The Morgan fingerprint density at radius 3 is 2.73 bits per heavy atom. The van der Waals surface area contributed by atoms with Crippen LogP contribution in [0.4, 0.5) is 0 Å². The van der Waals surface area contributed by atoms with Crippen molar-refractivity contribution in [2.45, 2.75) is 13.0 Å². The third-order valence-electron chi connectivity index (χ3n) is 3.94. The number of fused-ring (bicyclic) bond motifs is 1. The van der Waals surface area contributed by atoms with Crippen LogP contribution in [0.3, 0.4) is 0 Å². The van der Waals surface area contributed by atoms with Gasteiger partial charge in [-0.25, -0.2) is 4.79 Å². The minimum atomic E-state index is -0.578. The van der Waals surface area contributed by atoms with Crippen molar-refractivity contribution < 1.29 is 23.8 Å². The minimum absolute atomic E-state index is 0.282. The molecular weight excluding hydrogens is 336 g/mol. The van der Waals surface area contributed by atoms with Crippen LogP contribution in [-0.2, 0) is 9.53 Å². The Kier molecular flexibility index (Phi) is 5.36. The van der Waals surface area contributed by atoms with Gasteiger partial charge in [0, 0.05) is 18.9 Å². The summed E-state index contributed by atoms with van der Waals surface area (Å²) in [5.74, 6) is 0.451. The lowest BCUT2D eigenvalue weighted by molar-refractivity contribution is -0.134. The molecule has 1 atom stereocenters. The van der Waals surface area contributed by atoms with Gasteiger partial charge in [0.25, 0.3) is 5.91 Å². The van der Waals surface area contributed by atoms with Crippen LogP contribution in [-0.4, -0.2) is 54.7 Å². The molecule has 0 saturated heterocycles. The van der Waals surface area contributed by atoms with E-state index in [1.54, 1.807) is 19.2 Å². The molecule has 1 unspecified atom stereocenters. The third kappa shape index (κ3) is 4.30. The quantitative estimate of drug-likeness (QED) is 0.761. The minimum Gasteiger partial charge on any atom is -0.486 e. The number of pyridine rings is 1. The molecule has 3 rings (SSSR count). The van der Waals surface area contributed by atoms with Gasteiger partial charge in [0.2, 0.25) is 0 Å². The van der Waals surface area contributed by atoms with E-state index in [1.165, 1.54) is 11.1 Å². The number of carbonyl (C=O) groups excluding carboxylic acids is 2. The van der Waals surface area contributed by atoms with Crippen molar-refractivity contribution >= 4 is 11.9 Å². The second kappa shape index (κ2) is 7.86. The van der Waals surface area contributed by atoms with E-state index in [2.05, 4.69) is 4.98 Å². The number of aromatic nitrogens is 1. The third-order valence-corrected chi connectivity index (χ3v) is 3.94. The van der Waals surface area contributed by atoms with Crippen LogP contribution in [0.15, 0.2) is 42.6 Å². The fourth-order valence-electron chi connectivity index (χ4n) is 2.47. The largest absolute Gasteiger partial charge is 0.486 e. The summed E-state index contributed by atoms with van der Waals surface area (Å²) in [5, 5.41) is 0. The predicted molar refractivity (Wildman–Crippen MR) is 93.2 cm³/mol. The van der Waals surface area contributed by atoms with Crippen LogP contribution in [0, 0.1) is 6.92 Å². The Labute approximate surface area is 151 Å². The van der Waals surface area contributed by atoms with Crippen molar-refractivity contribution in [1.29, 1.82) is 0 Å². The van der Waals surface area contributed by atoms with Crippen molar-refractivity contribution in [3.8, 4) is 11.5 Å². The Balaban J connectivity index is 1.47. The topological polar surface area (TPSA) is 78.0 Å². The molecule has 0 radical (unpaired) electrons. The molecule has 2 heterocycles. The molecule has 0 aliphatic carbocycles. The molecular formula is C19H20N2O5. The lowest BCUT2D eigenvalue weighted by Crippen LogP contribution is -2.43. The number of esters is 1. The monoisotopic (exact) mass is 356 g/mol. The zero-order valence-electron chi connectivity index (χ0n) is 14.7. The number of benzene rings is 1. The van der Waals surface area contributed by atoms with E-state index in [0.717, 1.165) is 5.69 Å². The molecule has 1 aliphatic heterocycles. The van der Waals surface area contributed by atoms with E-state index in [0.29, 0.717) is 30.2 Å². The second-order valence-corrected chi connectivity index (χ2v) is 6.04. The van der Waals surface area contributed by atoms with E-state index in [1.807, 2.05) is 31.2 Å². The van der Waals surface area contributed by atoms with Gasteiger partial charge in [0.1, 0.15) is 6.61 Å². The van der Waals surface area contributed by atoms with Crippen molar-refractivity contribution in [3.05, 3.63) is 53.9 Å². The average molecular weight is 356 g/mol. The molecule has 1 aliphatic rings. The predicted octanol–water partition coefficient (Wildman–Crippen LogP) is 1.85. The summed E-state index contributed by atoms with van der Waals surface area (Å²) in [6.07, 6.45) is 1.15. The van der Waals surface area contributed by atoms with E-state index in [9.17, 15) is 9.59 Å². The Bertz CT molecular complexity index is 791. The molecule has 0 bridgehead atoms. The molecule has 1 amide bonds. The molecule has 0 spiro atoms. The van der Waals surface area contributed by atoms with Gasteiger partial charge in [-0.3, -0.25) is 9.78 Å². The van der Waals surface area contributed by atoms with E-state index >= 15 is 0 Å². The van der Waals surface area contributed by atoms with E-state index in [-0.39, 0.29) is 18.6 Å². The van der Waals surface area contributed by atoms with Crippen LogP contribution >= 0.6 is 0 Å². The van der Waals surface area contributed by atoms with Gasteiger partial charge in [-0.1, -0.05) is 12.1 Å². The molecule has 0 fully saturated rings. The first-order chi connectivity index (χ1) is 12.5. The molecule has 1 aromatic heterocycles. The SMILES string of the molecule is Cc1ccc(C(=O)OCC(=O)N(C)CC2COc3ccccc3O2)cn1. The zero-order chi connectivity index (χ0) is 18.5. The second-order valence-electron chi connectivity index (χ2n) is 6.04. The number of hydrogen-bond donors (Lipinski definition) is 0. The number of likely N-dealkylation sites (N-methyl/N-ethyl adjacent to an activating group) is 1. The summed E-state index contributed by atoms with van der Waals surface area (Å²) in [4.78, 5) is 29.6. The molecule has 2 aromatic rings. The Hall–Kier alpha value is -3.09. The van der Waals surface area contributed by atoms with Crippen molar-refractivity contribution in [2.75, 3.05) is 26.8 Å². The van der Waals surface area contributed by atoms with Gasteiger partial charge in [-0.15, -0.1) is 0 Å². The lowest BCUT2D eigenvalue weighted by atomic mass is 10.2. The number of amides is 1. The number of rotatable bonds is 5. The van der Waals surface area contributed by atoms with E-state index in [4.69, 9.17) is 14.2 Å². The highest BCUT2D eigenvalue weighted by atomic mass is 16.6. The summed E-state index contributed by atoms with van der Waals surface area (Å²) >= 11 is 0. The van der Waals surface area contributed by atoms with Crippen molar-refractivity contribution in [3.63, 3.8) is 0 Å². The molecule has 0 saturated carbocycles. The lowest BCUT2D eigenvalue weighted by Gasteiger charge is -2.29. The molecule has 136 valence electrons. The van der Waals surface area contributed by atoms with Crippen LogP contribution in [0.2, 0.25) is 0 Å². The van der Waals surface area contributed by atoms with Crippen LogP contribution in [0.25, 0.3) is 0 Å². The normalized spacial score (nSPS) is 15.2. The number of ether oxygens (including phenoxy) is 3. The van der Waals surface area contributed by atoms with Gasteiger partial charge in [-0.05, 0) is 31.2 Å². The number of aryl methyl sites for hydroxylation is 1. The number of hydrogen-bond acceptors (Lipinski definition) is 6. The van der Waals surface area contributed by atoms with Crippen LogP contribution < -0.4 is 9.47 Å². The van der Waals surface area contributed by atoms with Gasteiger partial charge in [0.15, 0.2) is 24.2 Å². The molecule has 7 heteroatoms. The first kappa shape index (κ1) is 17.7. The number of nitrogens with zero attached hydrogens (tertiary/aromatic N) is 2. The Morgan fingerprint density at radius 2 is 2.00 bits per heavy atom. The Morgan fingerprint density at radius 1 is 1.23 bits per heavy atom. The maximum absolute atomic E-state index is 12.2. The first-order valence-corrected chi connectivity index (χ1v) is 8.25. The van der Waals surface area contributed by atoms with Crippen molar-refractivity contribution in [2.24, 2.45) is 0 Å². The van der Waals surface area contributed by atoms with Gasteiger partial charge < -0.3 is 19.1 Å². The summed E-state index contributed by atoms with van der Waals surface area (Å²) in [7, 11) is 1.63. The molecule has 26 heavy (non-hydrogen) atoms. The van der Waals surface area contributed by atoms with Gasteiger partial charge in [-0.2, -0.15) is 0 Å². The fraction of sp³-hybridized carbons (Fsp3) is 0.316. The maximum Gasteiger partial charge on any atom is 0.340 e. The van der Waals surface area contributed by atoms with Gasteiger partial charge in [0.05, 0.1) is 12.1 Å². The van der Waals surface area contributed by atoms with E-state index < -0.39 is 5.97 Å². The highest BCUT2D eigenvalue weighted by molar-refractivity contribution is 5.91. The zero-order valence-corrected chi connectivity index (χ0v) is 14.7. The van der Waals surface area contributed by atoms with Crippen LogP contribution in [0.5, 0.6) is 11.5 Å². The fourth-order valence-corrected chi connectivity index (χ4v) is 2.47. The number of carbonyl (C=O) groups is 2. The summed E-state index contributed by atoms with van der Waals surface area (Å²) in [6, 6.07) is 10.7. The van der Waals surface area contributed by atoms with Crippen LogP contribution in [0.1, 0.15) is 16.1 Å². The highest BCUT2D eigenvalue weighted by Crippen LogP contribution is 2.30. The summed E-state index contributed by atoms with van der Waals surface area (Å²) < 4.78 is 16.5. The summed E-state index contributed by atoms with van der Waals surface area (Å²) in [5.41, 5.74) is 1.11. The molecule has 7 nitrogen and oxygen atoms in total. The van der Waals surface area contributed by atoms with Gasteiger partial charge >= 0.3 is 5.97 Å². The first-order valence-electron chi connectivity index (χ1n) is 8.25. The summed E-state index contributed by atoms with van der Waals surface area (Å²) in [6.45, 7) is 2.16. The molecule has 1 aromatic carbocycles. The number of para-hydroxylation sites is 2. The maximum atomic E-state index is 12.2. The highest BCUT2D eigenvalue weighted by Gasteiger charge is 2.24. The average Bonchev–Trinajstić information content (AvgIpc) is 2.66. The smallest absolute Gasteiger partial charge is 0.340 e. The standard InChI is InChI=1S/C19H20N2O5/c1-13-7-8-14(9-20-13)19(23)25-12-18(22)21(2)10-15-11-24-16-5-3-4-6-17(16)26-15/h3-9,15H,10-12H2,1-2H3. The van der Waals surface area contributed by atoms with Crippen molar-refractivity contribution in [1.82, 2.24) is 9.88 Å².